The maximum absolute atomic E-state index is 12.4. The van der Waals surface area contributed by atoms with E-state index in [1.165, 1.54) is 18.2 Å². The Bertz CT molecular complexity index is 1220. The van der Waals surface area contributed by atoms with Gasteiger partial charge in [0.05, 0.1) is 16.3 Å². The van der Waals surface area contributed by atoms with E-state index in [0.29, 0.717) is 20.7 Å². The molecule has 3 aromatic carbocycles. The molecule has 1 N–H and O–H groups in total. The fraction of sp³-hybridized carbons (Fsp3) is 0. The maximum atomic E-state index is 12.4. The number of carbonyl (C=O) groups excluding carboxylic acids is 2. The van der Waals surface area contributed by atoms with E-state index in [2.05, 4.69) is 21.2 Å². The molecule has 0 fully saturated rings. The summed E-state index contributed by atoms with van der Waals surface area (Å²) in [5, 5.41) is 12.6. The van der Waals surface area contributed by atoms with Gasteiger partial charge in [0.25, 0.3) is 5.91 Å². The van der Waals surface area contributed by atoms with Gasteiger partial charge in [0.1, 0.15) is 17.4 Å². The van der Waals surface area contributed by atoms with E-state index in [0.717, 1.165) is 0 Å². The number of ether oxygens (including phenoxy) is 1. The zero-order valence-electron chi connectivity index (χ0n) is 15.7. The molecule has 0 saturated carbocycles. The molecule has 0 aliphatic rings. The number of hydrogen-bond donors (Lipinski definition) is 1. The molecular formula is C23H13BrCl2N2O3. The minimum atomic E-state index is -0.629. The first kappa shape index (κ1) is 22.6. The number of esters is 1. The maximum Gasteiger partial charge on any atom is 0.345 e. The lowest BCUT2D eigenvalue weighted by atomic mass is 10.1. The molecule has 5 nitrogen and oxygen atoms in total. The number of para-hydroxylation sites is 1. The fourth-order valence-electron chi connectivity index (χ4n) is 2.52. The summed E-state index contributed by atoms with van der Waals surface area (Å²) in [6, 6.07) is 19.8. The van der Waals surface area contributed by atoms with Crippen LogP contribution in [-0.2, 0) is 4.79 Å². The number of amides is 1. The Labute approximate surface area is 197 Å². The zero-order chi connectivity index (χ0) is 22.4. The SMILES string of the molecule is N#C/C(=C\c1ccc(OC(=O)c2ccc(Cl)cc2Cl)cc1)C(=O)Nc1ccccc1Br. The normalized spacial score (nSPS) is 10.8. The summed E-state index contributed by atoms with van der Waals surface area (Å²) in [7, 11) is 0. The van der Waals surface area contributed by atoms with Crippen molar-refractivity contribution in [2.24, 2.45) is 0 Å². The van der Waals surface area contributed by atoms with E-state index in [1.54, 1.807) is 48.5 Å². The van der Waals surface area contributed by atoms with Crippen LogP contribution in [0.25, 0.3) is 6.08 Å². The van der Waals surface area contributed by atoms with Crippen molar-refractivity contribution in [1.29, 1.82) is 5.26 Å². The predicted octanol–water partition coefficient (Wildman–Crippen LogP) is 6.52. The summed E-state index contributed by atoms with van der Waals surface area (Å²) in [5.74, 6) is -0.887. The molecule has 0 atom stereocenters. The van der Waals surface area contributed by atoms with E-state index in [9.17, 15) is 14.9 Å². The third-order valence-corrected chi connectivity index (χ3v) is 5.28. The molecule has 0 saturated heterocycles. The van der Waals surface area contributed by atoms with Crippen molar-refractivity contribution >= 4 is 62.8 Å². The molecule has 154 valence electrons. The Morgan fingerprint density at radius 3 is 2.39 bits per heavy atom. The summed E-state index contributed by atoms with van der Waals surface area (Å²) in [6.07, 6.45) is 1.44. The van der Waals surface area contributed by atoms with E-state index < -0.39 is 11.9 Å². The first-order valence-electron chi connectivity index (χ1n) is 8.82. The second kappa shape index (κ2) is 10.3. The molecule has 0 bridgehead atoms. The van der Waals surface area contributed by atoms with Gasteiger partial charge in [-0.25, -0.2) is 4.79 Å². The summed E-state index contributed by atoms with van der Waals surface area (Å²) in [4.78, 5) is 24.7. The molecule has 0 aromatic heterocycles. The average Bonchev–Trinajstić information content (AvgIpc) is 2.74. The molecule has 3 aromatic rings. The van der Waals surface area contributed by atoms with Crippen LogP contribution < -0.4 is 10.1 Å². The number of anilines is 1. The van der Waals surface area contributed by atoms with Gasteiger partial charge in [-0.3, -0.25) is 4.79 Å². The van der Waals surface area contributed by atoms with E-state index >= 15 is 0 Å². The molecular weight excluding hydrogens is 503 g/mol. The van der Waals surface area contributed by atoms with Crippen LogP contribution in [0.2, 0.25) is 10.0 Å². The molecule has 3 rings (SSSR count). The lowest BCUT2D eigenvalue weighted by molar-refractivity contribution is -0.112. The van der Waals surface area contributed by atoms with Crippen LogP contribution in [0.1, 0.15) is 15.9 Å². The molecule has 8 heteroatoms. The third-order valence-electron chi connectivity index (χ3n) is 4.04. The number of hydrogen-bond acceptors (Lipinski definition) is 4. The highest BCUT2D eigenvalue weighted by atomic mass is 79.9. The number of carbonyl (C=O) groups is 2. The van der Waals surface area contributed by atoms with Crippen molar-refractivity contribution in [3.05, 3.63) is 97.9 Å². The molecule has 0 heterocycles. The largest absolute Gasteiger partial charge is 0.423 e. The van der Waals surface area contributed by atoms with Crippen LogP contribution in [-0.4, -0.2) is 11.9 Å². The smallest absolute Gasteiger partial charge is 0.345 e. The molecule has 0 radical (unpaired) electrons. The molecule has 0 aliphatic heterocycles. The van der Waals surface area contributed by atoms with Crippen LogP contribution in [0.15, 0.2) is 76.8 Å². The first-order chi connectivity index (χ1) is 14.9. The summed E-state index contributed by atoms with van der Waals surface area (Å²) in [6.45, 7) is 0. The second-order valence-electron chi connectivity index (χ2n) is 6.19. The number of nitrogens with one attached hydrogen (secondary N) is 1. The van der Waals surface area contributed by atoms with Gasteiger partial charge in [-0.1, -0.05) is 47.5 Å². The molecule has 0 spiro atoms. The van der Waals surface area contributed by atoms with E-state index in [4.69, 9.17) is 27.9 Å². The number of nitrogens with zero attached hydrogens (tertiary/aromatic N) is 1. The molecule has 1 amide bonds. The van der Waals surface area contributed by atoms with Gasteiger partial charge in [-0.05, 0) is 70.0 Å². The number of rotatable bonds is 5. The van der Waals surface area contributed by atoms with Crippen molar-refractivity contribution in [2.75, 3.05) is 5.32 Å². The van der Waals surface area contributed by atoms with E-state index in [-0.39, 0.29) is 21.9 Å². The summed E-state index contributed by atoms with van der Waals surface area (Å²) < 4.78 is 6.01. The van der Waals surface area contributed by atoms with Crippen molar-refractivity contribution in [3.8, 4) is 11.8 Å². The average molecular weight is 516 g/mol. The standard InChI is InChI=1S/C23H13BrCl2N2O3/c24-19-3-1-2-4-21(19)28-22(29)15(13-27)11-14-5-8-17(9-6-14)31-23(30)18-10-7-16(25)12-20(18)26/h1-12H,(H,28,29)/b15-11+. The van der Waals surface area contributed by atoms with Gasteiger partial charge in [0.2, 0.25) is 0 Å². The van der Waals surface area contributed by atoms with Gasteiger partial charge in [0, 0.05) is 9.50 Å². The number of benzene rings is 3. The van der Waals surface area contributed by atoms with E-state index in [1.807, 2.05) is 12.1 Å². The monoisotopic (exact) mass is 514 g/mol. The topological polar surface area (TPSA) is 79.2 Å². The number of halogens is 3. The highest BCUT2D eigenvalue weighted by Crippen LogP contribution is 2.24. The first-order valence-corrected chi connectivity index (χ1v) is 10.4. The summed E-state index contributed by atoms with van der Waals surface area (Å²) in [5.41, 5.74) is 1.25. The Morgan fingerprint density at radius 2 is 1.74 bits per heavy atom. The Morgan fingerprint density at radius 1 is 1.03 bits per heavy atom. The van der Waals surface area contributed by atoms with Gasteiger partial charge in [-0.15, -0.1) is 0 Å². The van der Waals surface area contributed by atoms with Crippen molar-refractivity contribution in [2.45, 2.75) is 0 Å². The van der Waals surface area contributed by atoms with Crippen LogP contribution in [0.3, 0.4) is 0 Å². The van der Waals surface area contributed by atoms with Crippen molar-refractivity contribution in [3.63, 3.8) is 0 Å². The Kier molecular flexibility index (Phi) is 7.48. The van der Waals surface area contributed by atoms with Crippen molar-refractivity contribution < 1.29 is 14.3 Å². The molecule has 0 unspecified atom stereocenters. The third kappa shape index (κ3) is 5.96. The second-order valence-corrected chi connectivity index (χ2v) is 7.88. The minimum Gasteiger partial charge on any atom is -0.423 e. The van der Waals surface area contributed by atoms with Gasteiger partial charge in [-0.2, -0.15) is 5.26 Å². The molecule has 31 heavy (non-hydrogen) atoms. The number of nitriles is 1. The zero-order valence-corrected chi connectivity index (χ0v) is 18.8. The van der Waals surface area contributed by atoms with Gasteiger partial charge < -0.3 is 10.1 Å². The van der Waals surface area contributed by atoms with Crippen LogP contribution in [0.5, 0.6) is 5.75 Å². The lowest BCUT2D eigenvalue weighted by Crippen LogP contribution is -2.13. The van der Waals surface area contributed by atoms with Crippen molar-refractivity contribution in [1.82, 2.24) is 0 Å². The Balaban J connectivity index is 1.71. The molecule has 0 aliphatic carbocycles. The summed E-state index contributed by atoms with van der Waals surface area (Å²) >= 11 is 15.2. The predicted molar refractivity (Wildman–Crippen MR) is 124 cm³/mol. The highest BCUT2D eigenvalue weighted by Gasteiger charge is 2.14. The van der Waals surface area contributed by atoms with Crippen LogP contribution >= 0.6 is 39.1 Å². The lowest BCUT2D eigenvalue weighted by Gasteiger charge is -2.07. The van der Waals surface area contributed by atoms with Crippen LogP contribution in [0.4, 0.5) is 5.69 Å². The van der Waals surface area contributed by atoms with Gasteiger partial charge in [0.15, 0.2) is 0 Å². The van der Waals surface area contributed by atoms with Gasteiger partial charge >= 0.3 is 5.97 Å². The van der Waals surface area contributed by atoms with Crippen LogP contribution in [0, 0.1) is 11.3 Å². The highest BCUT2D eigenvalue weighted by molar-refractivity contribution is 9.10. The quantitative estimate of drug-likeness (QED) is 0.181. The Hall–Kier alpha value is -3.11. The fourth-order valence-corrected chi connectivity index (χ4v) is 3.39. The minimum absolute atomic E-state index is 0.0755.